The summed E-state index contributed by atoms with van der Waals surface area (Å²) in [5.74, 6) is -0.947. The Hall–Kier alpha value is -2.59. The molecule has 0 saturated carbocycles. The van der Waals surface area contributed by atoms with E-state index in [2.05, 4.69) is 74.6 Å². The van der Waals surface area contributed by atoms with Crippen molar-refractivity contribution in [1.29, 1.82) is 0 Å². The minimum atomic E-state index is -4.40. The van der Waals surface area contributed by atoms with Gasteiger partial charge in [-0.15, -0.1) is 0 Å². The molecule has 11 heteroatoms. The Morgan fingerprint density at radius 2 is 1.18 bits per heavy atom. The van der Waals surface area contributed by atoms with E-state index in [1.807, 2.05) is 12.2 Å². The van der Waals surface area contributed by atoms with E-state index >= 15 is 0 Å². The van der Waals surface area contributed by atoms with Crippen LogP contribution in [0.4, 0.5) is 0 Å². The van der Waals surface area contributed by atoms with Gasteiger partial charge in [-0.05, 0) is 77.0 Å². The minimum Gasteiger partial charge on any atom is -0.462 e. The highest BCUT2D eigenvalue weighted by Crippen LogP contribution is 2.43. The molecule has 0 aliphatic carbocycles. The monoisotopic (exact) mass is 806 g/mol. The fourth-order valence-corrected chi connectivity index (χ4v) is 6.46. The fourth-order valence-electron chi connectivity index (χ4n) is 5.70. The Labute approximate surface area is 339 Å². The van der Waals surface area contributed by atoms with Gasteiger partial charge in [-0.1, -0.05) is 138 Å². The number of unbranched alkanes of at least 4 members (excludes halogenated alkanes) is 11. The molecule has 10 nitrogen and oxygen atoms in total. The van der Waals surface area contributed by atoms with Crippen LogP contribution < -0.4 is 5.73 Å². The van der Waals surface area contributed by atoms with Crippen molar-refractivity contribution >= 4 is 19.8 Å². The molecule has 3 N–H and O–H groups in total. The van der Waals surface area contributed by atoms with Crippen molar-refractivity contribution in [2.45, 2.75) is 173 Å². The highest BCUT2D eigenvalue weighted by atomic mass is 31.2. The molecule has 0 aromatic rings. The molecule has 0 aromatic heterocycles. The average Bonchev–Trinajstić information content (AvgIpc) is 3.94. The zero-order valence-electron chi connectivity index (χ0n) is 34.8. The van der Waals surface area contributed by atoms with Gasteiger partial charge in [-0.25, -0.2) is 4.57 Å². The zero-order chi connectivity index (χ0) is 40.8. The quantitative estimate of drug-likeness (QED) is 0.0203. The zero-order valence-corrected chi connectivity index (χ0v) is 35.7. The largest absolute Gasteiger partial charge is 0.472 e. The highest BCUT2D eigenvalue weighted by molar-refractivity contribution is 7.47. The Balaban J connectivity index is 2.24. The Kier molecular flexibility index (Phi) is 33.7. The lowest BCUT2D eigenvalue weighted by Gasteiger charge is -2.19. The lowest BCUT2D eigenvalue weighted by molar-refractivity contribution is -0.161. The first-order valence-corrected chi connectivity index (χ1v) is 23.0. The van der Waals surface area contributed by atoms with Crippen molar-refractivity contribution in [3.8, 4) is 0 Å². The van der Waals surface area contributed by atoms with Crippen LogP contribution in [0.15, 0.2) is 72.9 Å². The van der Waals surface area contributed by atoms with Gasteiger partial charge in [0.05, 0.1) is 25.4 Å². The van der Waals surface area contributed by atoms with Gasteiger partial charge in [0, 0.05) is 19.4 Å². The number of hydrogen-bond donors (Lipinski definition) is 2. The summed E-state index contributed by atoms with van der Waals surface area (Å²) in [4.78, 5) is 34.8. The van der Waals surface area contributed by atoms with E-state index in [0.717, 1.165) is 70.6 Å². The Bertz CT molecular complexity index is 1210. The molecule has 0 aromatic carbocycles. The summed E-state index contributed by atoms with van der Waals surface area (Å²) in [5.41, 5.74) is 5.34. The van der Waals surface area contributed by atoms with E-state index in [0.29, 0.717) is 25.0 Å². The number of esters is 2. The molecule has 1 heterocycles. The molecule has 0 radical (unpaired) electrons. The molecule has 1 fully saturated rings. The van der Waals surface area contributed by atoms with E-state index in [1.165, 1.54) is 44.9 Å². The molecule has 1 aliphatic rings. The predicted octanol–water partition coefficient (Wildman–Crippen LogP) is 11.3. The molecular weight excluding hydrogens is 729 g/mol. The van der Waals surface area contributed by atoms with Crippen LogP contribution in [0, 0.1) is 0 Å². The van der Waals surface area contributed by atoms with Crippen molar-refractivity contribution in [2.75, 3.05) is 26.4 Å². The van der Waals surface area contributed by atoms with Crippen molar-refractivity contribution in [3.63, 3.8) is 0 Å². The second-order valence-electron chi connectivity index (χ2n) is 14.2. The number of carbonyl (C=O) groups excluding carboxylic acids is 2. The highest BCUT2D eigenvalue weighted by Gasteiger charge is 2.36. The molecule has 0 spiro atoms. The van der Waals surface area contributed by atoms with Crippen LogP contribution >= 0.6 is 7.82 Å². The van der Waals surface area contributed by atoms with E-state index in [-0.39, 0.29) is 32.6 Å². The maximum atomic E-state index is 12.6. The number of phosphoric ester groups is 1. The molecule has 0 bridgehead atoms. The van der Waals surface area contributed by atoms with E-state index in [9.17, 15) is 19.0 Å². The number of nitrogens with two attached hydrogens (primary N) is 1. The molecule has 56 heavy (non-hydrogen) atoms. The first kappa shape index (κ1) is 51.4. The SMILES string of the molecule is CC/C=C\CC1OC1C/C=C\C/C=C\C/C=C\C/C=C\CCC(=O)O[C@H](COC(=O)CCCCCCC/C=C\CCCCCCCC)COP(=O)(O)OCCN. The summed E-state index contributed by atoms with van der Waals surface area (Å²) in [5, 5.41) is 0. The molecule has 1 rings (SSSR count). The second-order valence-corrected chi connectivity index (χ2v) is 15.7. The van der Waals surface area contributed by atoms with Crippen molar-refractivity contribution in [3.05, 3.63) is 72.9 Å². The van der Waals surface area contributed by atoms with Crippen LogP contribution in [0.1, 0.15) is 155 Å². The third kappa shape index (κ3) is 33.5. The van der Waals surface area contributed by atoms with Gasteiger partial charge in [0.1, 0.15) is 6.61 Å². The molecular formula is C45H76NO9P. The summed E-state index contributed by atoms with van der Waals surface area (Å²) < 4.78 is 38.3. The Morgan fingerprint density at radius 3 is 1.79 bits per heavy atom. The van der Waals surface area contributed by atoms with Crippen molar-refractivity contribution < 1.29 is 42.3 Å². The van der Waals surface area contributed by atoms with Crippen LogP contribution in [-0.2, 0) is 37.4 Å². The molecule has 4 atom stereocenters. The normalized spacial score (nSPS) is 17.6. The number of phosphoric acid groups is 1. The summed E-state index contributed by atoms with van der Waals surface area (Å²) in [6.45, 7) is 3.49. The molecule has 1 saturated heterocycles. The van der Waals surface area contributed by atoms with Crippen LogP contribution in [-0.4, -0.2) is 61.5 Å². The molecule has 1 aliphatic heterocycles. The number of rotatable bonds is 38. The van der Waals surface area contributed by atoms with Gasteiger partial charge in [0.2, 0.25) is 0 Å². The van der Waals surface area contributed by atoms with Crippen LogP contribution in [0.5, 0.6) is 0 Å². The van der Waals surface area contributed by atoms with Gasteiger partial charge in [-0.3, -0.25) is 18.6 Å². The third-order valence-electron chi connectivity index (χ3n) is 8.99. The van der Waals surface area contributed by atoms with E-state index < -0.39 is 32.5 Å². The number of allylic oxidation sites excluding steroid dienone is 10. The first-order valence-electron chi connectivity index (χ1n) is 21.5. The van der Waals surface area contributed by atoms with E-state index in [1.54, 1.807) is 0 Å². The molecule has 320 valence electrons. The summed E-state index contributed by atoms with van der Waals surface area (Å²) in [6, 6.07) is 0. The molecule has 3 unspecified atom stereocenters. The maximum absolute atomic E-state index is 12.6. The molecule has 0 amide bonds. The van der Waals surface area contributed by atoms with Gasteiger partial charge in [-0.2, -0.15) is 0 Å². The second kappa shape index (κ2) is 36.7. The van der Waals surface area contributed by atoms with Gasteiger partial charge < -0.3 is 24.8 Å². The Morgan fingerprint density at radius 1 is 0.643 bits per heavy atom. The average molecular weight is 806 g/mol. The fraction of sp³-hybridized carbons (Fsp3) is 0.689. The maximum Gasteiger partial charge on any atom is 0.472 e. The van der Waals surface area contributed by atoms with Crippen LogP contribution in [0.25, 0.3) is 0 Å². The predicted molar refractivity (Wildman–Crippen MR) is 228 cm³/mol. The third-order valence-corrected chi connectivity index (χ3v) is 9.98. The summed E-state index contributed by atoms with van der Waals surface area (Å²) >= 11 is 0. The standard InChI is InChI=1S/C45H76NO9P/c1-3-5-7-8-9-10-11-12-13-14-18-21-24-27-31-35-44(47)51-39-41(40-53-56(49,50)52-38-37-46)54-45(48)36-32-28-25-22-19-16-15-17-20-23-26-30-34-43-42(55-43)33-29-6-4-2/h6,12-13,16-17,19-20,25-26,28-30,41-43H,3-5,7-11,14-15,18,21-24,27,31-40,46H2,1-2H3,(H,49,50)/b13-12-,19-16-,20-17-,28-25-,29-6-,30-26-/t41-,42?,43?/m1/s1. The smallest absolute Gasteiger partial charge is 0.462 e. The number of ether oxygens (including phenoxy) is 3. The number of carbonyl (C=O) groups is 2. The van der Waals surface area contributed by atoms with Crippen molar-refractivity contribution in [2.24, 2.45) is 5.73 Å². The lowest BCUT2D eigenvalue weighted by atomic mass is 10.1. The van der Waals surface area contributed by atoms with Gasteiger partial charge >= 0.3 is 19.8 Å². The number of epoxide rings is 1. The van der Waals surface area contributed by atoms with Crippen molar-refractivity contribution in [1.82, 2.24) is 0 Å². The van der Waals surface area contributed by atoms with Crippen LogP contribution in [0.3, 0.4) is 0 Å². The summed E-state index contributed by atoms with van der Waals surface area (Å²) in [6.07, 6.45) is 47.0. The number of hydrogen-bond acceptors (Lipinski definition) is 9. The van der Waals surface area contributed by atoms with E-state index in [4.69, 9.17) is 29.0 Å². The lowest BCUT2D eigenvalue weighted by Crippen LogP contribution is -2.29. The van der Waals surface area contributed by atoms with Crippen LogP contribution in [0.2, 0.25) is 0 Å². The summed E-state index contributed by atoms with van der Waals surface area (Å²) in [7, 11) is -4.40. The van der Waals surface area contributed by atoms with Gasteiger partial charge in [0.15, 0.2) is 6.10 Å². The first-order chi connectivity index (χ1) is 27.3. The minimum absolute atomic E-state index is 0.0356. The van der Waals surface area contributed by atoms with Gasteiger partial charge in [0.25, 0.3) is 0 Å². The topological polar surface area (TPSA) is 147 Å².